The number of methoxy groups -OCH3 is 2. The first-order chi connectivity index (χ1) is 19.9. The van der Waals surface area contributed by atoms with E-state index in [2.05, 4.69) is 25.6 Å². The van der Waals surface area contributed by atoms with E-state index in [1.807, 2.05) is 12.1 Å². The summed E-state index contributed by atoms with van der Waals surface area (Å²) in [6.45, 7) is 0.583. The summed E-state index contributed by atoms with van der Waals surface area (Å²) in [7, 11) is 3.14. The molecule has 6 rings (SSSR count). The molecule has 0 bridgehead atoms. The van der Waals surface area contributed by atoms with Gasteiger partial charge in [0.05, 0.1) is 44.4 Å². The van der Waals surface area contributed by atoms with Gasteiger partial charge in [-0.25, -0.2) is 18.6 Å². The van der Waals surface area contributed by atoms with Gasteiger partial charge in [-0.2, -0.15) is 4.98 Å². The Morgan fingerprint density at radius 3 is 2.76 bits per heavy atom. The van der Waals surface area contributed by atoms with Crippen LogP contribution in [0.5, 0.6) is 17.2 Å². The van der Waals surface area contributed by atoms with Gasteiger partial charge in [0.25, 0.3) is 0 Å². The van der Waals surface area contributed by atoms with Crippen molar-refractivity contribution >= 4 is 28.5 Å². The molecule has 0 spiro atoms. The van der Waals surface area contributed by atoms with Gasteiger partial charge in [0.1, 0.15) is 22.8 Å². The van der Waals surface area contributed by atoms with Gasteiger partial charge in [-0.15, -0.1) is 0 Å². The predicted octanol–water partition coefficient (Wildman–Crippen LogP) is 5.14. The topological polar surface area (TPSA) is 115 Å². The zero-order chi connectivity index (χ0) is 28.5. The molecule has 0 fully saturated rings. The molecule has 3 aromatic carbocycles. The zero-order valence-electron chi connectivity index (χ0n) is 22.6. The van der Waals surface area contributed by atoms with Crippen molar-refractivity contribution in [3.8, 4) is 17.2 Å². The van der Waals surface area contributed by atoms with Crippen molar-refractivity contribution in [1.82, 2.24) is 19.5 Å². The summed E-state index contributed by atoms with van der Waals surface area (Å²) in [5.41, 5.74) is 2.75. The summed E-state index contributed by atoms with van der Waals surface area (Å²) in [5, 5.41) is 6.36. The molecule has 0 aliphatic carbocycles. The predicted molar refractivity (Wildman–Crippen MR) is 149 cm³/mol. The molecule has 0 saturated heterocycles. The van der Waals surface area contributed by atoms with Crippen LogP contribution >= 0.6 is 0 Å². The minimum atomic E-state index is -0.485. The average molecular weight is 601 g/mol. The number of ether oxygens (including phenoxy) is 3. The minimum absolute atomic E-state index is 0. The van der Waals surface area contributed by atoms with Gasteiger partial charge in [-0.05, 0) is 36.4 Å². The molecule has 1 atom stereocenters. The Morgan fingerprint density at radius 1 is 1.10 bits per heavy atom. The van der Waals surface area contributed by atoms with E-state index >= 15 is 0 Å². The van der Waals surface area contributed by atoms with Crippen LogP contribution in [0.3, 0.4) is 0 Å². The zero-order valence-corrected chi connectivity index (χ0v) is 23.3. The van der Waals surface area contributed by atoms with Gasteiger partial charge in [-0.1, -0.05) is 12.1 Å². The number of nitrogens with one attached hydrogen (secondary N) is 3. The number of halogens is 2. The molecule has 1 aliphatic rings. The molecule has 1 aliphatic heterocycles. The summed E-state index contributed by atoms with van der Waals surface area (Å²) >= 11 is 0. The summed E-state index contributed by atoms with van der Waals surface area (Å²) in [5.74, 6) is 0.684. The smallest absolute Gasteiger partial charge is 0.328 e. The maximum atomic E-state index is 14.4. The largest absolute Gasteiger partial charge is 0.497 e. The van der Waals surface area contributed by atoms with Crippen LogP contribution in [-0.4, -0.2) is 40.3 Å². The quantitative estimate of drug-likeness (QED) is 0.224. The Hall–Kier alpha value is -3.87. The van der Waals surface area contributed by atoms with Crippen LogP contribution in [0.15, 0.2) is 65.6 Å². The van der Waals surface area contributed by atoms with E-state index in [-0.39, 0.29) is 56.0 Å². The van der Waals surface area contributed by atoms with E-state index in [4.69, 9.17) is 14.2 Å². The molecule has 0 saturated carbocycles. The van der Waals surface area contributed by atoms with E-state index in [1.165, 1.54) is 29.0 Å². The third-order valence-corrected chi connectivity index (χ3v) is 6.95. The molecule has 0 amide bonds. The summed E-state index contributed by atoms with van der Waals surface area (Å²) in [6, 6.07) is 13.9. The molecule has 218 valence electrons. The molecule has 0 unspecified atom stereocenters. The van der Waals surface area contributed by atoms with Crippen LogP contribution in [0, 0.1) is 49.4 Å². The first-order valence-electron chi connectivity index (χ1n) is 12.8. The summed E-state index contributed by atoms with van der Waals surface area (Å²) < 4.78 is 46.4. The normalized spacial score (nSPS) is 14.0. The van der Waals surface area contributed by atoms with Crippen molar-refractivity contribution in [3.63, 3.8) is 0 Å². The van der Waals surface area contributed by atoms with E-state index in [9.17, 15) is 13.6 Å². The Morgan fingerprint density at radius 2 is 1.95 bits per heavy atom. The second kappa shape index (κ2) is 12.6. The molecular weight excluding hydrogens is 574 g/mol. The summed E-state index contributed by atoms with van der Waals surface area (Å²) in [4.78, 5) is 24.7. The van der Waals surface area contributed by atoms with Gasteiger partial charge in [0, 0.05) is 67.9 Å². The number of benzene rings is 3. The molecule has 3 N–H and O–H groups in total. The maximum absolute atomic E-state index is 14.4. The number of rotatable bonds is 8. The van der Waals surface area contributed by atoms with Crippen LogP contribution in [0.2, 0.25) is 0 Å². The first-order valence-corrected chi connectivity index (χ1v) is 12.8. The minimum Gasteiger partial charge on any atom is -0.497 e. The van der Waals surface area contributed by atoms with Crippen molar-refractivity contribution in [2.75, 3.05) is 31.5 Å². The third-order valence-electron chi connectivity index (χ3n) is 6.95. The van der Waals surface area contributed by atoms with Crippen molar-refractivity contribution < 1.29 is 60.7 Å². The van der Waals surface area contributed by atoms with Crippen LogP contribution in [0.25, 0.3) is 11.2 Å². The number of hydrogen-bond donors (Lipinski definition) is 3. The van der Waals surface area contributed by atoms with Gasteiger partial charge >= 0.3 is 5.69 Å². The number of aromatic amines is 1. The monoisotopic (exact) mass is 600 g/mol. The fourth-order valence-electron chi connectivity index (χ4n) is 4.98. The van der Waals surface area contributed by atoms with Crippen LogP contribution in [0.1, 0.15) is 23.6 Å². The van der Waals surface area contributed by atoms with Gasteiger partial charge < -0.3 is 29.8 Å². The molecule has 10 nitrogen and oxygen atoms in total. The van der Waals surface area contributed by atoms with E-state index in [1.54, 1.807) is 38.5 Å². The van der Waals surface area contributed by atoms with Crippen molar-refractivity contribution in [2.45, 2.75) is 19.0 Å². The van der Waals surface area contributed by atoms with E-state index in [0.717, 1.165) is 5.56 Å². The molecule has 13 heteroatoms. The fourth-order valence-corrected chi connectivity index (χ4v) is 4.98. The van der Waals surface area contributed by atoms with Crippen LogP contribution in [-0.2, 0) is 6.54 Å². The van der Waals surface area contributed by atoms with E-state index in [0.29, 0.717) is 52.6 Å². The standard InChI is InChI=1S/C29H26F2N6O4.Ar/c1-39-18-8-6-16(25(13-18)40-2)14-32-22-12-17(30)7-9-21(22)34-28-33-15-23-27(36-28)37(29(38)35-23)24-10-11-41-26-19(24)4-3-5-20(26)31;/h3-9,12-13,15,24,32H,10-11,14H2,1-2H3,(H,35,38)(H,33,34,36);/t24-;/m1./s1. The van der Waals surface area contributed by atoms with Crippen molar-refractivity contribution in [3.05, 3.63) is 94.0 Å². The molecule has 5 aromatic rings. The van der Waals surface area contributed by atoms with Crippen LogP contribution in [0.4, 0.5) is 26.1 Å². The number of H-pyrrole nitrogens is 1. The number of hydrogen-bond acceptors (Lipinski definition) is 8. The molecule has 3 heterocycles. The Labute approximate surface area is 269 Å². The SMILES string of the molecule is COc1ccc(CNc2cc(F)ccc2Nc2ncc3[nH]c(=O)n([C@@H]4CCOc5c(F)cccc54)c3n2)c(OC)c1.[Ar]. The van der Waals surface area contributed by atoms with Gasteiger partial charge in [0.15, 0.2) is 17.2 Å². The third kappa shape index (κ3) is 5.74. The Kier molecular flexibility index (Phi) is 8.85. The molecule has 0 radical (unpaired) electrons. The van der Waals surface area contributed by atoms with E-state index < -0.39 is 23.4 Å². The number of imidazole rings is 1. The van der Waals surface area contributed by atoms with Crippen molar-refractivity contribution in [2.24, 2.45) is 0 Å². The van der Waals surface area contributed by atoms with Gasteiger partial charge in [0.2, 0.25) is 5.95 Å². The first kappa shape index (κ1) is 29.6. The molecule has 42 heavy (non-hydrogen) atoms. The van der Waals surface area contributed by atoms with Crippen molar-refractivity contribution in [1.29, 1.82) is 0 Å². The maximum Gasteiger partial charge on any atom is 0.328 e. The molecular formula is C29H26ArF2N6O4. The van der Waals surface area contributed by atoms with Gasteiger partial charge in [-0.3, -0.25) is 4.57 Å². The number of nitrogens with zero attached hydrogens (tertiary/aromatic N) is 3. The average Bonchev–Trinajstić information content (AvgIpc) is 3.31. The fraction of sp³-hybridized carbons (Fsp3) is 0.207. The Balaban J connectivity index is 0.00000353. The number of aromatic nitrogens is 4. The second-order valence-corrected chi connectivity index (χ2v) is 9.39. The number of para-hydroxylation sites is 1. The summed E-state index contributed by atoms with van der Waals surface area (Å²) in [6.07, 6.45) is 1.95. The Bertz CT molecular complexity index is 1810. The molecule has 2 aromatic heterocycles. The second-order valence-electron chi connectivity index (χ2n) is 9.39. The number of fused-ring (bicyclic) bond motifs is 2. The number of anilines is 3. The van der Waals surface area contributed by atoms with Crippen LogP contribution < -0.4 is 30.5 Å².